The summed E-state index contributed by atoms with van der Waals surface area (Å²) in [7, 11) is 0. The van der Waals surface area contributed by atoms with Gasteiger partial charge in [0, 0.05) is 6.04 Å². The van der Waals surface area contributed by atoms with Crippen molar-refractivity contribution in [3.05, 3.63) is 31.9 Å². The summed E-state index contributed by atoms with van der Waals surface area (Å²) in [4.78, 5) is 4.09. The third kappa shape index (κ3) is 2.54. The topological polar surface area (TPSA) is 50.9 Å². The van der Waals surface area contributed by atoms with Crippen LogP contribution in [0, 0.1) is 0 Å². The number of aliphatic hydroxyl groups excluding tert-OH is 1. The van der Waals surface area contributed by atoms with Crippen LogP contribution in [0.5, 0.6) is 0 Å². The van der Waals surface area contributed by atoms with E-state index < -0.39 is 6.10 Å². The van der Waals surface area contributed by atoms with Crippen molar-refractivity contribution in [2.24, 2.45) is 0 Å². The highest BCUT2D eigenvalue weighted by Crippen LogP contribution is 2.33. The largest absolute Gasteiger partial charge is 0.379 e. The summed E-state index contributed by atoms with van der Waals surface area (Å²) in [5.74, 6) is 0. The zero-order chi connectivity index (χ0) is 12.6. The highest BCUT2D eigenvalue weighted by Gasteiger charge is 2.23. The smallest absolute Gasteiger partial charge is 0.148 e. The van der Waals surface area contributed by atoms with Crippen LogP contribution in [0.3, 0.4) is 0 Å². The maximum atomic E-state index is 10.3. The SMILES string of the molecule is CC(C)n1ncc(Br)c1C(O)c1ncc(Cl)s1. The highest BCUT2D eigenvalue weighted by molar-refractivity contribution is 9.10. The lowest BCUT2D eigenvalue weighted by molar-refractivity contribution is 0.203. The molecule has 0 aliphatic heterocycles. The van der Waals surface area contributed by atoms with Crippen LogP contribution in [0.15, 0.2) is 16.9 Å². The van der Waals surface area contributed by atoms with Gasteiger partial charge in [-0.15, -0.1) is 11.3 Å². The Balaban J connectivity index is 2.43. The molecule has 4 nitrogen and oxygen atoms in total. The molecule has 0 fully saturated rings. The molecule has 0 saturated heterocycles. The molecule has 2 heterocycles. The number of aliphatic hydroxyl groups is 1. The van der Waals surface area contributed by atoms with Gasteiger partial charge in [0.1, 0.15) is 15.4 Å². The summed E-state index contributed by atoms with van der Waals surface area (Å²) >= 11 is 10.5. The van der Waals surface area contributed by atoms with Gasteiger partial charge in [-0.1, -0.05) is 11.6 Å². The van der Waals surface area contributed by atoms with Crippen molar-refractivity contribution in [3.63, 3.8) is 0 Å². The lowest BCUT2D eigenvalue weighted by atomic mass is 10.2. The lowest BCUT2D eigenvalue weighted by Crippen LogP contribution is -2.12. The fourth-order valence-corrected chi connectivity index (χ4v) is 2.94. The van der Waals surface area contributed by atoms with Crippen molar-refractivity contribution in [1.82, 2.24) is 14.8 Å². The Morgan fingerprint density at radius 2 is 2.18 bits per heavy atom. The molecule has 1 atom stereocenters. The molecule has 17 heavy (non-hydrogen) atoms. The predicted octanol–water partition coefficient (Wildman–Crippen LogP) is 3.42. The first-order valence-electron chi connectivity index (χ1n) is 5.03. The van der Waals surface area contributed by atoms with Gasteiger partial charge in [-0.3, -0.25) is 4.68 Å². The van der Waals surface area contributed by atoms with E-state index >= 15 is 0 Å². The molecule has 1 N–H and O–H groups in total. The van der Waals surface area contributed by atoms with E-state index in [4.69, 9.17) is 11.6 Å². The molecule has 0 amide bonds. The number of rotatable bonds is 3. The van der Waals surface area contributed by atoms with Gasteiger partial charge in [-0.05, 0) is 29.8 Å². The monoisotopic (exact) mass is 335 g/mol. The van der Waals surface area contributed by atoms with Crippen LogP contribution in [0.2, 0.25) is 4.34 Å². The quantitative estimate of drug-likeness (QED) is 0.934. The molecule has 0 saturated carbocycles. The molecule has 2 rings (SSSR count). The summed E-state index contributed by atoms with van der Waals surface area (Å²) in [5, 5.41) is 15.1. The average molecular weight is 337 g/mol. The van der Waals surface area contributed by atoms with Crippen LogP contribution in [-0.4, -0.2) is 19.9 Å². The van der Waals surface area contributed by atoms with Crippen molar-refractivity contribution >= 4 is 38.9 Å². The zero-order valence-corrected chi connectivity index (χ0v) is 12.4. The second-order valence-corrected chi connectivity index (χ2v) is 6.37. The van der Waals surface area contributed by atoms with E-state index in [0.717, 1.165) is 4.47 Å². The zero-order valence-electron chi connectivity index (χ0n) is 9.26. The Hall–Kier alpha value is -0.430. The normalized spacial score (nSPS) is 13.3. The van der Waals surface area contributed by atoms with E-state index in [9.17, 15) is 5.11 Å². The Morgan fingerprint density at radius 3 is 2.71 bits per heavy atom. The number of thiazole rings is 1. The Bertz CT molecular complexity index is 525. The van der Waals surface area contributed by atoms with Crippen molar-refractivity contribution in [3.8, 4) is 0 Å². The Kier molecular flexibility index (Phi) is 3.87. The molecule has 0 aliphatic carbocycles. The summed E-state index contributed by atoms with van der Waals surface area (Å²) in [5.41, 5.74) is 0.700. The van der Waals surface area contributed by atoms with Crippen LogP contribution < -0.4 is 0 Å². The van der Waals surface area contributed by atoms with Crippen molar-refractivity contribution in [2.75, 3.05) is 0 Å². The summed E-state index contributed by atoms with van der Waals surface area (Å²) in [6.45, 7) is 4.01. The number of halogens is 2. The standard InChI is InChI=1S/C10H11BrClN3OS/c1-5(2)15-8(6(11)3-14-15)9(16)10-13-4-7(12)17-10/h3-5,9,16H,1-2H3. The van der Waals surface area contributed by atoms with Gasteiger partial charge in [0.05, 0.1) is 22.6 Å². The minimum absolute atomic E-state index is 0.168. The minimum Gasteiger partial charge on any atom is -0.379 e. The Morgan fingerprint density at radius 1 is 1.47 bits per heavy atom. The molecule has 0 spiro atoms. The third-order valence-corrected chi connectivity index (χ3v) is 4.04. The first kappa shape index (κ1) is 13.0. The van der Waals surface area contributed by atoms with E-state index in [2.05, 4.69) is 26.0 Å². The number of aromatic nitrogens is 3. The molecule has 2 aromatic rings. The van der Waals surface area contributed by atoms with Crippen molar-refractivity contribution in [2.45, 2.75) is 26.0 Å². The van der Waals surface area contributed by atoms with Crippen LogP contribution >= 0.6 is 38.9 Å². The van der Waals surface area contributed by atoms with Crippen molar-refractivity contribution < 1.29 is 5.11 Å². The summed E-state index contributed by atoms with van der Waals surface area (Å²) < 4.78 is 3.10. The van der Waals surface area contributed by atoms with E-state index in [1.54, 1.807) is 10.9 Å². The maximum Gasteiger partial charge on any atom is 0.148 e. The molecule has 7 heteroatoms. The average Bonchev–Trinajstić information content (AvgIpc) is 2.83. The van der Waals surface area contributed by atoms with Crippen LogP contribution in [0.25, 0.3) is 0 Å². The molecule has 0 radical (unpaired) electrons. The predicted molar refractivity (Wildman–Crippen MR) is 71.5 cm³/mol. The fourth-order valence-electron chi connectivity index (χ4n) is 1.53. The summed E-state index contributed by atoms with van der Waals surface area (Å²) in [6.07, 6.45) is 2.40. The second-order valence-electron chi connectivity index (χ2n) is 3.82. The second kappa shape index (κ2) is 5.06. The molecular weight excluding hydrogens is 326 g/mol. The number of nitrogens with zero attached hydrogens (tertiary/aromatic N) is 3. The minimum atomic E-state index is -0.813. The molecule has 92 valence electrons. The van der Waals surface area contributed by atoms with Crippen molar-refractivity contribution in [1.29, 1.82) is 0 Å². The van der Waals surface area contributed by atoms with Gasteiger partial charge < -0.3 is 5.11 Å². The first-order valence-corrected chi connectivity index (χ1v) is 7.01. The Labute approximate surface area is 116 Å². The maximum absolute atomic E-state index is 10.3. The van der Waals surface area contributed by atoms with E-state index in [1.165, 1.54) is 17.5 Å². The van der Waals surface area contributed by atoms with Gasteiger partial charge in [0.25, 0.3) is 0 Å². The molecule has 2 aromatic heterocycles. The van der Waals surface area contributed by atoms with Gasteiger partial charge in [0.2, 0.25) is 0 Å². The number of hydrogen-bond acceptors (Lipinski definition) is 4. The van der Waals surface area contributed by atoms with Gasteiger partial charge >= 0.3 is 0 Å². The van der Waals surface area contributed by atoms with E-state index in [-0.39, 0.29) is 6.04 Å². The van der Waals surface area contributed by atoms with Gasteiger partial charge in [0.15, 0.2) is 0 Å². The van der Waals surface area contributed by atoms with Crippen LogP contribution in [0.1, 0.15) is 36.7 Å². The molecule has 0 aliphatic rings. The number of hydrogen-bond donors (Lipinski definition) is 1. The van der Waals surface area contributed by atoms with Gasteiger partial charge in [-0.25, -0.2) is 4.98 Å². The highest BCUT2D eigenvalue weighted by atomic mass is 79.9. The lowest BCUT2D eigenvalue weighted by Gasteiger charge is -2.14. The molecule has 1 unspecified atom stereocenters. The molecule has 0 bridgehead atoms. The third-order valence-electron chi connectivity index (χ3n) is 2.26. The van der Waals surface area contributed by atoms with Crippen LogP contribution in [-0.2, 0) is 0 Å². The fraction of sp³-hybridized carbons (Fsp3) is 0.400. The van der Waals surface area contributed by atoms with E-state index in [1.807, 2.05) is 13.8 Å². The van der Waals surface area contributed by atoms with Gasteiger partial charge in [-0.2, -0.15) is 5.10 Å². The first-order chi connectivity index (χ1) is 8.00. The molecule has 0 aromatic carbocycles. The molecular formula is C10H11BrClN3OS. The summed E-state index contributed by atoms with van der Waals surface area (Å²) in [6, 6.07) is 0.168. The van der Waals surface area contributed by atoms with Crippen LogP contribution in [0.4, 0.5) is 0 Å². The van der Waals surface area contributed by atoms with E-state index in [0.29, 0.717) is 15.0 Å².